The minimum atomic E-state index is 0.196. The number of hydrogen-bond acceptors (Lipinski definition) is 2. The molecule has 1 saturated heterocycles. The van der Waals surface area contributed by atoms with Crippen LogP contribution < -0.4 is 5.32 Å². The maximum Gasteiger partial charge on any atom is 0.0452 e. The molecular weight excluding hydrogens is 279 g/mol. The van der Waals surface area contributed by atoms with Crippen LogP contribution in [0.3, 0.4) is 0 Å². The fourth-order valence-electron chi connectivity index (χ4n) is 2.60. The summed E-state index contributed by atoms with van der Waals surface area (Å²) in [5, 5.41) is 5.21. The standard InChI is InChI=1S/C15H22Cl2N2/c1-3-15(2)11-19(8-4-7-18-15)10-12-9-13(16)5-6-14(12)17/h5-6,9,18H,3-4,7-8,10-11H2,1-2H3. The summed E-state index contributed by atoms with van der Waals surface area (Å²) >= 11 is 12.3. The molecule has 1 aliphatic heterocycles. The Balaban J connectivity index is 2.10. The first-order valence-corrected chi connectivity index (χ1v) is 7.69. The van der Waals surface area contributed by atoms with Gasteiger partial charge >= 0.3 is 0 Å². The van der Waals surface area contributed by atoms with Gasteiger partial charge in [-0.3, -0.25) is 4.90 Å². The van der Waals surface area contributed by atoms with Crippen molar-refractivity contribution in [2.45, 2.75) is 38.8 Å². The summed E-state index contributed by atoms with van der Waals surface area (Å²) in [7, 11) is 0. The molecule has 1 aliphatic rings. The molecule has 1 atom stereocenters. The Morgan fingerprint density at radius 2 is 2.16 bits per heavy atom. The van der Waals surface area contributed by atoms with Gasteiger partial charge in [-0.2, -0.15) is 0 Å². The van der Waals surface area contributed by atoms with E-state index in [1.807, 2.05) is 18.2 Å². The maximum absolute atomic E-state index is 6.26. The lowest BCUT2D eigenvalue weighted by atomic mass is 9.98. The Kier molecular flexibility index (Phi) is 5.13. The number of nitrogens with zero attached hydrogens (tertiary/aromatic N) is 1. The van der Waals surface area contributed by atoms with Gasteiger partial charge in [-0.25, -0.2) is 0 Å². The van der Waals surface area contributed by atoms with Crippen LogP contribution in [0.1, 0.15) is 32.3 Å². The zero-order chi connectivity index (χ0) is 13.9. The van der Waals surface area contributed by atoms with E-state index < -0.39 is 0 Å². The normalized spacial score (nSPS) is 25.3. The summed E-state index contributed by atoms with van der Waals surface area (Å²) in [6, 6.07) is 5.70. The van der Waals surface area contributed by atoms with E-state index in [9.17, 15) is 0 Å². The van der Waals surface area contributed by atoms with Crippen LogP contribution >= 0.6 is 23.2 Å². The number of benzene rings is 1. The molecule has 1 aromatic carbocycles. The summed E-state index contributed by atoms with van der Waals surface area (Å²) in [6.07, 6.45) is 2.31. The van der Waals surface area contributed by atoms with Crippen molar-refractivity contribution < 1.29 is 0 Å². The lowest BCUT2D eigenvalue weighted by Crippen LogP contribution is -2.48. The van der Waals surface area contributed by atoms with Crippen LogP contribution in [0, 0.1) is 0 Å². The Morgan fingerprint density at radius 1 is 1.37 bits per heavy atom. The van der Waals surface area contributed by atoms with Crippen molar-refractivity contribution in [2.24, 2.45) is 0 Å². The number of rotatable bonds is 3. The van der Waals surface area contributed by atoms with Crippen LogP contribution in [0.25, 0.3) is 0 Å². The van der Waals surface area contributed by atoms with Crippen molar-refractivity contribution >= 4 is 23.2 Å². The highest BCUT2D eigenvalue weighted by atomic mass is 35.5. The van der Waals surface area contributed by atoms with Gasteiger partial charge in [0.25, 0.3) is 0 Å². The van der Waals surface area contributed by atoms with Crippen molar-refractivity contribution in [3.63, 3.8) is 0 Å². The summed E-state index contributed by atoms with van der Waals surface area (Å²) < 4.78 is 0. The summed E-state index contributed by atoms with van der Waals surface area (Å²) in [6.45, 7) is 8.65. The Labute approximate surface area is 126 Å². The van der Waals surface area contributed by atoms with E-state index in [1.165, 1.54) is 6.42 Å². The van der Waals surface area contributed by atoms with E-state index in [2.05, 4.69) is 24.1 Å². The Hall–Kier alpha value is -0.280. The topological polar surface area (TPSA) is 15.3 Å². The minimum absolute atomic E-state index is 0.196. The summed E-state index contributed by atoms with van der Waals surface area (Å²) in [4.78, 5) is 2.47. The first-order chi connectivity index (χ1) is 9.02. The van der Waals surface area contributed by atoms with Crippen molar-refractivity contribution in [1.29, 1.82) is 0 Å². The van der Waals surface area contributed by atoms with Gasteiger partial charge in [0.05, 0.1) is 0 Å². The second-order valence-corrected chi connectivity index (χ2v) is 6.48. The molecular formula is C15H22Cl2N2. The molecule has 106 valence electrons. The van der Waals surface area contributed by atoms with Gasteiger partial charge in [0.15, 0.2) is 0 Å². The minimum Gasteiger partial charge on any atom is -0.310 e. The van der Waals surface area contributed by atoms with Crippen LogP contribution in [0.2, 0.25) is 10.0 Å². The lowest BCUT2D eigenvalue weighted by Gasteiger charge is -2.32. The molecule has 0 aliphatic carbocycles. The average molecular weight is 301 g/mol. The first kappa shape index (κ1) is 15.1. The predicted octanol–water partition coefficient (Wildman–Crippen LogP) is 3.96. The monoisotopic (exact) mass is 300 g/mol. The largest absolute Gasteiger partial charge is 0.310 e. The molecule has 0 amide bonds. The van der Waals surface area contributed by atoms with Gasteiger partial charge in [-0.05, 0) is 56.6 Å². The van der Waals surface area contributed by atoms with E-state index in [-0.39, 0.29) is 5.54 Å². The van der Waals surface area contributed by atoms with Gasteiger partial charge in [-0.15, -0.1) is 0 Å². The zero-order valence-corrected chi connectivity index (χ0v) is 13.2. The highest BCUT2D eigenvalue weighted by Crippen LogP contribution is 2.24. The molecule has 1 unspecified atom stereocenters. The van der Waals surface area contributed by atoms with Gasteiger partial charge in [-0.1, -0.05) is 30.1 Å². The highest BCUT2D eigenvalue weighted by molar-refractivity contribution is 6.33. The average Bonchev–Trinajstić information content (AvgIpc) is 2.56. The highest BCUT2D eigenvalue weighted by Gasteiger charge is 2.27. The van der Waals surface area contributed by atoms with Crippen LogP contribution in [-0.2, 0) is 6.54 Å². The third-order valence-corrected chi connectivity index (χ3v) is 4.56. The molecule has 1 aromatic rings. The quantitative estimate of drug-likeness (QED) is 0.909. The lowest BCUT2D eigenvalue weighted by molar-refractivity contribution is 0.208. The molecule has 0 radical (unpaired) electrons. The molecule has 4 heteroatoms. The number of hydrogen-bond donors (Lipinski definition) is 1. The molecule has 0 saturated carbocycles. The molecule has 19 heavy (non-hydrogen) atoms. The SMILES string of the molecule is CCC1(C)CN(Cc2cc(Cl)ccc2Cl)CCCN1. The van der Waals surface area contributed by atoms with E-state index in [1.54, 1.807) is 0 Å². The van der Waals surface area contributed by atoms with Gasteiger partial charge in [0, 0.05) is 28.7 Å². The Morgan fingerprint density at radius 3 is 2.89 bits per heavy atom. The van der Waals surface area contributed by atoms with Crippen LogP contribution in [-0.4, -0.2) is 30.1 Å². The molecule has 2 nitrogen and oxygen atoms in total. The van der Waals surface area contributed by atoms with Crippen molar-refractivity contribution in [3.05, 3.63) is 33.8 Å². The smallest absolute Gasteiger partial charge is 0.0452 e. The van der Waals surface area contributed by atoms with E-state index in [4.69, 9.17) is 23.2 Å². The molecule has 1 N–H and O–H groups in total. The van der Waals surface area contributed by atoms with Gasteiger partial charge in [0.2, 0.25) is 0 Å². The van der Waals surface area contributed by atoms with E-state index in [0.29, 0.717) is 0 Å². The molecule has 0 bridgehead atoms. The van der Waals surface area contributed by atoms with Crippen molar-refractivity contribution in [1.82, 2.24) is 10.2 Å². The third-order valence-electron chi connectivity index (χ3n) is 3.96. The van der Waals surface area contributed by atoms with Gasteiger partial charge in [0.1, 0.15) is 0 Å². The second kappa shape index (κ2) is 6.45. The van der Waals surface area contributed by atoms with E-state index >= 15 is 0 Å². The molecule has 0 spiro atoms. The zero-order valence-electron chi connectivity index (χ0n) is 11.7. The maximum atomic E-state index is 6.26. The summed E-state index contributed by atoms with van der Waals surface area (Å²) in [5.41, 5.74) is 1.32. The van der Waals surface area contributed by atoms with Crippen molar-refractivity contribution in [2.75, 3.05) is 19.6 Å². The number of nitrogens with one attached hydrogen (secondary N) is 1. The second-order valence-electron chi connectivity index (χ2n) is 5.64. The fraction of sp³-hybridized carbons (Fsp3) is 0.600. The van der Waals surface area contributed by atoms with E-state index in [0.717, 1.165) is 48.2 Å². The fourth-order valence-corrected chi connectivity index (χ4v) is 2.97. The van der Waals surface area contributed by atoms with Crippen LogP contribution in [0.15, 0.2) is 18.2 Å². The molecule has 1 fully saturated rings. The molecule has 1 heterocycles. The third kappa shape index (κ3) is 4.09. The van der Waals surface area contributed by atoms with Gasteiger partial charge < -0.3 is 5.32 Å². The Bertz CT molecular complexity index is 436. The van der Waals surface area contributed by atoms with Crippen LogP contribution in [0.4, 0.5) is 0 Å². The van der Waals surface area contributed by atoms with Crippen LogP contribution in [0.5, 0.6) is 0 Å². The summed E-state index contributed by atoms with van der Waals surface area (Å²) in [5.74, 6) is 0. The first-order valence-electron chi connectivity index (χ1n) is 6.94. The van der Waals surface area contributed by atoms with Crippen molar-refractivity contribution in [3.8, 4) is 0 Å². The number of halogens is 2. The molecule has 0 aromatic heterocycles. The molecule has 2 rings (SSSR count). The predicted molar refractivity (Wildman–Crippen MR) is 83.1 cm³/mol.